The Morgan fingerprint density at radius 2 is 1.90 bits per heavy atom. The minimum atomic E-state index is -3.53. The molecule has 0 spiro atoms. The molecule has 0 bridgehead atoms. The van der Waals surface area contributed by atoms with E-state index in [9.17, 15) is 8.42 Å². The maximum absolute atomic E-state index is 12.6. The maximum atomic E-state index is 12.6. The molecule has 0 saturated carbocycles. The summed E-state index contributed by atoms with van der Waals surface area (Å²) >= 11 is 1.61. The Morgan fingerprint density at radius 3 is 2.52 bits per heavy atom. The molecule has 114 valence electrons. The number of nitrogens with one attached hydrogen (secondary N) is 2. The van der Waals surface area contributed by atoms with Gasteiger partial charge in [0, 0.05) is 16.3 Å². The standard InChI is InChI=1S/C15H20N2O2S2/c1-11-8-9-14(20-11)12(2)17-21(18,19)15-7-5-4-6-13(15)10-16-3/h4-9,12,16-17H,10H2,1-3H3. The molecule has 0 aliphatic carbocycles. The van der Waals surface area contributed by atoms with Crippen molar-refractivity contribution in [3.05, 3.63) is 51.7 Å². The lowest BCUT2D eigenvalue weighted by molar-refractivity contribution is 0.566. The van der Waals surface area contributed by atoms with Crippen LogP contribution in [0.4, 0.5) is 0 Å². The number of benzene rings is 1. The van der Waals surface area contributed by atoms with Gasteiger partial charge in [0.15, 0.2) is 0 Å². The van der Waals surface area contributed by atoms with E-state index in [1.54, 1.807) is 30.5 Å². The maximum Gasteiger partial charge on any atom is 0.241 e. The number of hydrogen-bond acceptors (Lipinski definition) is 4. The zero-order chi connectivity index (χ0) is 15.5. The average Bonchev–Trinajstić information content (AvgIpc) is 2.86. The summed E-state index contributed by atoms with van der Waals surface area (Å²) in [6.45, 7) is 4.39. The van der Waals surface area contributed by atoms with Gasteiger partial charge in [0.25, 0.3) is 0 Å². The van der Waals surface area contributed by atoms with Crippen molar-refractivity contribution in [3.8, 4) is 0 Å². The van der Waals surface area contributed by atoms with E-state index in [1.165, 1.54) is 4.88 Å². The van der Waals surface area contributed by atoms with Gasteiger partial charge in [0.1, 0.15) is 0 Å². The first-order valence-electron chi connectivity index (χ1n) is 6.75. The van der Waals surface area contributed by atoms with Crippen molar-refractivity contribution in [1.29, 1.82) is 0 Å². The van der Waals surface area contributed by atoms with Crippen molar-refractivity contribution in [2.75, 3.05) is 7.05 Å². The molecule has 2 N–H and O–H groups in total. The largest absolute Gasteiger partial charge is 0.316 e. The van der Waals surface area contributed by atoms with Crippen LogP contribution in [0.3, 0.4) is 0 Å². The SMILES string of the molecule is CNCc1ccccc1S(=O)(=O)NC(C)c1ccc(C)s1. The van der Waals surface area contributed by atoms with E-state index in [2.05, 4.69) is 10.0 Å². The molecule has 0 amide bonds. The third-order valence-electron chi connectivity index (χ3n) is 3.15. The summed E-state index contributed by atoms with van der Waals surface area (Å²) in [5.41, 5.74) is 0.766. The molecule has 1 unspecified atom stereocenters. The van der Waals surface area contributed by atoms with Gasteiger partial charge in [-0.2, -0.15) is 0 Å². The predicted molar refractivity (Wildman–Crippen MR) is 87.0 cm³/mol. The van der Waals surface area contributed by atoms with Crippen molar-refractivity contribution in [1.82, 2.24) is 10.0 Å². The molecule has 0 aliphatic rings. The first kappa shape index (κ1) is 16.2. The molecule has 4 nitrogen and oxygen atoms in total. The Labute approximate surface area is 130 Å². The second-order valence-corrected chi connectivity index (χ2v) is 7.93. The Hall–Kier alpha value is -1.21. The average molecular weight is 324 g/mol. The van der Waals surface area contributed by atoms with Gasteiger partial charge in [-0.05, 0) is 44.7 Å². The second kappa shape index (κ2) is 6.70. The first-order chi connectivity index (χ1) is 9.94. The summed E-state index contributed by atoms with van der Waals surface area (Å²) in [6, 6.07) is 10.8. The van der Waals surface area contributed by atoms with Gasteiger partial charge in [0.2, 0.25) is 10.0 Å². The summed E-state index contributed by atoms with van der Waals surface area (Å²) in [5, 5.41) is 2.99. The molecule has 6 heteroatoms. The topological polar surface area (TPSA) is 58.2 Å². The molecular weight excluding hydrogens is 304 g/mol. The normalized spacial score (nSPS) is 13.3. The first-order valence-corrected chi connectivity index (χ1v) is 9.05. The Kier molecular flexibility index (Phi) is 5.16. The Morgan fingerprint density at radius 1 is 1.19 bits per heavy atom. The molecule has 1 heterocycles. The molecule has 1 aromatic heterocycles. The van der Waals surface area contributed by atoms with E-state index in [-0.39, 0.29) is 6.04 Å². The molecule has 0 aliphatic heterocycles. The molecule has 0 radical (unpaired) electrons. The highest BCUT2D eigenvalue weighted by atomic mass is 32.2. The van der Waals surface area contributed by atoms with E-state index in [1.807, 2.05) is 38.1 Å². The predicted octanol–water partition coefficient (Wildman–Crippen LogP) is 2.82. The number of hydrogen-bond donors (Lipinski definition) is 2. The zero-order valence-electron chi connectivity index (χ0n) is 12.4. The lowest BCUT2D eigenvalue weighted by Crippen LogP contribution is -2.27. The van der Waals surface area contributed by atoms with Gasteiger partial charge in [-0.3, -0.25) is 0 Å². The fraction of sp³-hybridized carbons (Fsp3) is 0.333. The Balaban J connectivity index is 2.26. The number of sulfonamides is 1. The summed E-state index contributed by atoms with van der Waals surface area (Å²) in [7, 11) is -1.74. The van der Waals surface area contributed by atoms with Gasteiger partial charge in [-0.1, -0.05) is 18.2 Å². The third kappa shape index (κ3) is 3.91. The van der Waals surface area contributed by atoms with Crippen LogP contribution in [-0.4, -0.2) is 15.5 Å². The lowest BCUT2D eigenvalue weighted by Gasteiger charge is -2.15. The van der Waals surface area contributed by atoms with Gasteiger partial charge < -0.3 is 5.32 Å². The highest BCUT2D eigenvalue weighted by Gasteiger charge is 2.21. The van der Waals surface area contributed by atoms with Crippen LogP contribution in [0.25, 0.3) is 0 Å². The summed E-state index contributed by atoms with van der Waals surface area (Å²) in [5.74, 6) is 0. The monoisotopic (exact) mass is 324 g/mol. The van der Waals surface area contributed by atoms with E-state index in [4.69, 9.17) is 0 Å². The van der Waals surface area contributed by atoms with Crippen LogP contribution in [0.15, 0.2) is 41.3 Å². The van der Waals surface area contributed by atoms with Crippen molar-refractivity contribution in [3.63, 3.8) is 0 Å². The fourth-order valence-corrected chi connectivity index (χ4v) is 4.56. The van der Waals surface area contributed by atoms with Crippen LogP contribution >= 0.6 is 11.3 Å². The van der Waals surface area contributed by atoms with E-state index >= 15 is 0 Å². The van der Waals surface area contributed by atoms with Crippen molar-refractivity contribution in [2.45, 2.75) is 31.3 Å². The number of thiophene rings is 1. The van der Waals surface area contributed by atoms with Crippen molar-refractivity contribution in [2.24, 2.45) is 0 Å². The van der Waals surface area contributed by atoms with Crippen molar-refractivity contribution < 1.29 is 8.42 Å². The molecule has 2 aromatic rings. The minimum absolute atomic E-state index is 0.239. The second-order valence-electron chi connectivity index (χ2n) is 4.93. The van der Waals surface area contributed by atoms with Crippen LogP contribution in [0.2, 0.25) is 0 Å². The lowest BCUT2D eigenvalue weighted by atomic mass is 10.2. The van der Waals surface area contributed by atoms with Crippen LogP contribution in [0.1, 0.15) is 28.3 Å². The molecular formula is C15H20N2O2S2. The summed E-state index contributed by atoms with van der Waals surface area (Å²) in [6.07, 6.45) is 0. The highest BCUT2D eigenvalue weighted by Crippen LogP contribution is 2.25. The van der Waals surface area contributed by atoms with Crippen LogP contribution in [-0.2, 0) is 16.6 Å². The van der Waals surface area contributed by atoms with E-state index in [0.29, 0.717) is 11.4 Å². The van der Waals surface area contributed by atoms with Crippen molar-refractivity contribution >= 4 is 21.4 Å². The summed E-state index contributed by atoms with van der Waals surface area (Å²) < 4.78 is 27.9. The molecule has 1 atom stereocenters. The van der Waals surface area contributed by atoms with E-state index in [0.717, 1.165) is 10.4 Å². The number of rotatable bonds is 6. The summed E-state index contributed by atoms with van der Waals surface area (Å²) in [4.78, 5) is 2.52. The quantitative estimate of drug-likeness (QED) is 0.859. The van der Waals surface area contributed by atoms with Crippen LogP contribution in [0, 0.1) is 6.92 Å². The Bertz CT molecular complexity index is 708. The van der Waals surface area contributed by atoms with Gasteiger partial charge in [-0.25, -0.2) is 13.1 Å². The van der Waals surface area contributed by atoms with Gasteiger partial charge >= 0.3 is 0 Å². The third-order valence-corrected chi connectivity index (χ3v) is 5.97. The van der Waals surface area contributed by atoms with Crippen LogP contribution in [0.5, 0.6) is 0 Å². The smallest absolute Gasteiger partial charge is 0.241 e. The molecule has 0 saturated heterocycles. The highest BCUT2D eigenvalue weighted by molar-refractivity contribution is 7.89. The molecule has 1 aromatic carbocycles. The van der Waals surface area contributed by atoms with Gasteiger partial charge in [0.05, 0.1) is 10.9 Å². The van der Waals surface area contributed by atoms with Gasteiger partial charge in [-0.15, -0.1) is 11.3 Å². The molecule has 2 rings (SSSR count). The van der Waals surface area contributed by atoms with Crippen LogP contribution < -0.4 is 10.0 Å². The zero-order valence-corrected chi connectivity index (χ0v) is 14.0. The van der Waals surface area contributed by atoms with E-state index < -0.39 is 10.0 Å². The molecule has 0 fully saturated rings. The molecule has 21 heavy (non-hydrogen) atoms. The number of aryl methyl sites for hydroxylation is 1. The minimum Gasteiger partial charge on any atom is -0.316 e. The fourth-order valence-electron chi connectivity index (χ4n) is 2.14.